The van der Waals surface area contributed by atoms with E-state index in [9.17, 15) is 0 Å². The summed E-state index contributed by atoms with van der Waals surface area (Å²) in [6.07, 6.45) is 9.05. The van der Waals surface area contributed by atoms with Crippen LogP contribution < -0.4 is 0 Å². The zero-order valence-electron chi connectivity index (χ0n) is 7.06. The minimum absolute atomic E-state index is 0.856. The summed E-state index contributed by atoms with van der Waals surface area (Å²) in [6, 6.07) is 0. The van der Waals surface area contributed by atoms with E-state index in [4.69, 9.17) is 0 Å². The molecule has 0 saturated heterocycles. The average molecular weight is 217 g/mol. The Hall–Kier alpha value is 0.220. The van der Waals surface area contributed by atoms with Crippen molar-refractivity contribution in [3.8, 4) is 0 Å². The summed E-state index contributed by atoms with van der Waals surface area (Å²) < 4.78 is 0. The third kappa shape index (κ3) is 2.62. The van der Waals surface area contributed by atoms with Gasteiger partial charge >= 0.3 is 0 Å². The molecule has 1 rings (SSSR count). The van der Waals surface area contributed by atoms with Crippen molar-refractivity contribution in [1.29, 1.82) is 0 Å². The number of allylic oxidation sites excluding steroid dienone is 1. The molecule has 0 aliphatic heterocycles. The number of rotatable bonds is 4. The van der Waals surface area contributed by atoms with Gasteiger partial charge in [-0.1, -0.05) is 47.7 Å². The predicted octanol–water partition coefficient (Wildman–Crippen LogP) is 3.76. The second-order valence-corrected chi connectivity index (χ2v) is 4.13. The lowest BCUT2D eigenvalue weighted by atomic mass is 9.90. The van der Waals surface area contributed by atoms with Gasteiger partial charge in [0, 0.05) is 5.33 Å². The lowest BCUT2D eigenvalue weighted by molar-refractivity contribution is 0.378. The molecule has 0 bridgehead atoms. The van der Waals surface area contributed by atoms with Gasteiger partial charge in [0.1, 0.15) is 0 Å². The molecule has 1 saturated carbocycles. The van der Waals surface area contributed by atoms with Crippen LogP contribution in [0.15, 0.2) is 12.7 Å². The van der Waals surface area contributed by atoms with E-state index in [-0.39, 0.29) is 0 Å². The van der Waals surface area contributed by atoms with E-state index in [0.29, 0.717) is 0 Å². The molecule has 1 atom stereocenters. The van der Waals surface area contributed by atoms with Gasteiger partial charge in [0.15, 0.2) is 0 Å². The maximum absolute atomic E-state index is 3.80. The molecule has 0 radical (unpaired) electrons. The Labute approximate surface area is 78.2 Å². The molecule has 1 aliphatic rings. The Kier molecular flexibility index (Phi) is 4.21. The van der Waals surface area contributed by atoms with Crippen molar-refractivity contribution in [3.05, 3.63) is 12.7 Å². The standard InChI is InChI=1S/C10H17Br/c1-2-5-10(8-11)9-6-3-4-7-9/h2,9-10H,1,3-8H2. The molecule has 0 N–H and O–H groups in total. The van der Waals surface area contributed by atoms with Crippen molar-refractivity contribution in [2.75, 3.05) is 5.33 Å². The van der Waals surface area contributed by atoms with Crippen LogP contribution in [0, 0.1) is 11.8 Å². The van der Waals surface area contributed by atoms with Gasteiger partial charge in [-0.15, -0.1) is 6.58 Å². The van der Waals surface area contributed by atoms with E-state index >= 15 is 0 Å². The average Bonchev–Trinajstić information content (AvgIpc) is 2.52. The van der Waals surface area contributed by atoms with Gasteiger partial charge in [-0.05, 0) is 18.3 Å². The van der Waals surface area contributed by atoms with Crippen molar-refractivity contribution < 1.29 is 0 Å². The van der Waals surface area contributed by atoms with Gasteiger partial charge in [-0.25, -0.2) is 0 Å². The molecule has 0 amide bonds. The molecule has 1 fully saturated rings. The fraction of sp³-hybridized carbons (Fsp3) is 0.800. The van der Waals surface area contributed by atoms with E-state index < -0.39 is 0 Å². The molecule has 0 spiro atoms. The van der Waals surface area contributed by atoms with Crippen LogP contribution in [0.25, 0.3) is 0 Å². The number of alkyl halides is 1. The van der Waals surface area contributed by atoms with Crippen molar-refractivity contribution in [2.45, 2.75) is 32.1 Å². The van der Waals surface area contributed by atoms with Crippen molar-refractivity contribution in [1.82, 2.24) is 0 Å². The second-order valence-electron chi connectivity index (χ2n) is 3.48. The van der Waals surface area contributed by atoms with E-state index in [2.05, 4.69) is 28.6 Å². The molecular formula is C10H17Br. The summed E-state index contributed by atoms with van der Waals surface area (Å²) in [5.74, 6) is 1.84. The molecule has 0 aromatic heterocycles. The maximum atomic E-state index is 3.80. The summed E-state index contributed by atoms with van der Waals surface area (Å²) >= 11 is 3.58. The molecule has 0 nitrogen and oxygen atoms in total. The highest BCUT2D eigenvalue weighted by Crippen LogP contribution is 2.34. The lowest BCUT2D eigenvalue weighted by Gasteiger charge is -2.18. The molecule has 64 valence electrons. The molecule has 0 aromatic carbocycles. The highest BCUT2D eigenvalue weighted by atomic mass is 79.9. The quantitative estimate of drug-likeness (QED) is 0.496. The van der Waals surface area contributed by atoms with E-state index in [1.165, 1.54) is 32.1 Å². The van der Waals surface area contributed by atoms with Crippen LogP contribution >= 0.6 is 15.9 Å². The summed E-state index contributed by atoms with van der Waals surface area (Å²) in [4.78, 5) is 0. The Morgan fingerprint density at radius 1 is 1.45 bits per heavy atom. The largest absolute Gasteiger partial charge is 0.103 e. The minimum atomic E-state index is 0.856. The Bertz CT molecular complexity index is 114. The Morgan fingerprint density at radius 3 is 2.55 bits per heavy atom. The Balaban J connectivity index is 2.33. The van der Waals surface area contributed by atoms with Gasteiger partial charge in [-0.3, -0.25) is 0 Å². The third-order valence-corrected chi connectivity index (χ3v) is 3.57. The first-order valence-electron chi connectivity index (χ1n) is 4.55. The first-order valence-corrected chi connectivity index (χ1v) is 5.67. The molecule has 0 heterocycles. The van der Waals surface area contributed by atoms with Crippen LogP contribution in [0.2, 0.25) is 0 Å². The zero-order chi connectivity index (χ0) is 8.10. The number of hydrogen-bond acceptors (Lipinski definition) is 0. The van der Waals surface area contributed by atoms with Gasteiger partial charge in [0.25, 0.3) is 0 Å². The number of halogens is 1. The molecule has 1 unspecified atom stereocenters. The van der Waals surface area contributed by atoms with Gasteiger partial charge < -0.3 is 0 Å². The third-order valence-electron chi connectivity index (χ3n) is 2.73. The van der Waals surface area contributed by atoms with E-state index in [0.717, 1.165) is 17.2 Å². The first kappa shape index (κ1) is 9.31. The molecule has 0 aromatic rings. The molecular weight excluding hydrogens is 200 g/mol. The van der Waals surface area contributed by atoms with Crippen LogP contribution in [-0.4, -0.2) is 5.33 Å². The lowest BCUT2D eigenvalue weighted by Crippen LogP contribution is -2.11. The van der Waals surface area contributed by atoms with Crippen LogP contribution in [0.3, 0.4) is 0 Å². The zero-order valence-corrected chi connectivity index (χ0v) is 8.65. The van der Waals surface area contributed by atoms with Crippen LogP contribution in [0.5, 0.6) is 0 Å². The van der Waals surface area contributed by atoms with Crippen LogP contribution in [0.1, 0.15) is 32.1 Å². The summed E-state index contributed by atoms with van der Waals surface area (Å²) in [6.45, 7) is 3.80. The van der Waals surface area contributed by atoms with E-state index in [1.807, 2.05) is 0 Å². The summed E-state index contributed by atoms with van der Waals surface area (Å²) in [7, 11) is 0. The first-order chi connectivity index (χ1) is 5.38. The highest BCUT2D eigenvalue weighted by molar-refractivity contribution is 9.09. The van der Waals surface area contributed by atoms with Crippen molar-refractivity contribution in [3.63, 3.8) is 0 Å². The van der Waals surface area contributed by atoms with Gasteiger partial charge in [0.2, 0.25) is 0 Å². The second kappa shape index (κ2) is 4.97. The number of hydrogen-bond donors (Lipinski definition) is 0. The Morgan fingerprint density at radius 2 is 2.09 bits per heavy atom. The topological polar surface area (TPSA) is 0 Å². The fourth-order valence-electron chi connectivity index (χ4n) is 2.02. The predicted molar refractivity (Wildman–Crippen MR) is 54.1 cm³/mol. The summed E-state index contributed by atoms with van der Waals surface area (Å²) in [5.41, 5.74) is 0. The summed E-state index contributed by atoms with van der Waals surface area (Å²) in [5, 5.41) is 1.16. The minimum Gasteiger partial charge on any atom is -0.103 e. The molecule has 1 aliphatic carbocycles. The van der Waals surface area contributed by atoms with Crippen molar-refractivity contribution in [2.24, 2.45) is 11.8 Å². The molecule has 1 heteroatoms. The fourth-order valence-corrected chi connectivity index (χ4v) is 2.82. The monoisotopic (exact) mass is 216 g/mol. The SMILES string of the molecule is C=CCC(CBr)C1CCCC1. The van der Waals surface area contributed by atoms with Crippen LogP contribution in [0.4, 0.5) is 0 Å². The van der Waals surface area contributed by atoms with Crippen LogP contribution in [-0.2, 0) is 0 Å². The smallest absolute Gasteiger partial charge is 0.00652 e. The van der Waals surface area contributed by atoms with Gasteiger partial charge in [-0.2, -0.15) is 0 Å². The normalized spacial score (nSPS) is 21.9. The molecule has 11 heavy (non-hydrogen) atoms. The van der Waals surface area contributed by atoms with Crippen molar-refractivity contribution >= 4 is 15.9 Å². The van der Waals surface area contributed by atoms with Gasteiger partial charge in [0.05, 0.1) is 0 Å². The maximum Gasteiger partial charge on any atom is 0.00652 e. The highest BCUT2D eigenvalue weighted by Gasteiger charge is 2.22. The van der Waals surface area contributed by atoms with E-state index in [1.54, 1.807) is 0 Å².